The molecular weight excluding hydrogens is 572 g/mol. The number of anilines is 2. The van der Waals surface area contributed by atoms with Gasteiger partial charge in [0.25, 0.3) is 17.7 Å². The molecule has 0 saturated carbocycles. The van der Waals surface area contributed by atoms with Crippen LogP contribution in [0.25, 0.3) is 0 Å². The molecule has 5 rings (SSSR count). The summed E-state index contributed by atoms with van der Waals surface area (Å²) in [6.07, 6.45) is 1.33. The van der Waals surface area contributed by atoms with Crippen molar-refractivity contribution in [3.63, 3.8) is 0 Å². The number of aromatic nitrogens is 2. The van der Waals surface area contributed by atoms with E-state index in [4.69, 9.17) is 9.47 Å². The molecule has 9 nitrogen and oxygen atoms in total. The minimum atomic E-state index is -3.21. The van der Waals surface area contributed by atoms with Crippen molar-refractivity contribution in [1.82, 2.24) is 9.78 Å². The molecule has 1 aliphatic heterocycles. The Bertz CT molecular complexity index is 1700. The van der Waals surface area contributed by atoms with Crippen LogP contribution < -0.4 is 15.0 Å². The number of nitrogens with one attached hydrogen (secondary N) is 1. The maximum absolute atomic E-state index is 15.1. The van der Waals surface area contributed by atoms with E-state index in [0.29, 0.717) is 40.5 Å². The molecule has 2 amide bonds. The molecule has 1 N–H and O–H groups in total. The number of benzene rings is 3. The maximum Gasteiger partial charge on any atom is 0.298 e. The Morgan fingerprint density at radius 3 is 2.49 bits per heavy atom. The van der Waals surface area contributed by atoms with Crippen LogP contribution >= 0.6 is 0 Å². The summed E-state index contributed by atoms with van der Waals surface area (Å²) in [6, 6.07) is 19.9. The number of halogens is 2. The number of fused-ring (bicyclic) bond motifs is 1. The van der Waals surface area contributed by atoms with Crippen LogP contribution in [-0.2, 0) is 17.2 Å². The number of carbonyl (C=O) groups is 2. The van der Waals surface area contributed by atoms with Gasteiger partial charge in [0.1, 0.15) is 24.1 Å². The van der Waals surface area contributed by atoms with Crippen LogP contribution in [0.1, 0.15) is 44.5 Å². The number of nitriles is 1. The van der Waals surface area contributed by atoms with Crippen molar-refractivity contribution >= 4 is 33.4 Å². The third-order valence-electron chi connectivity index (χ3n) is 7.16. The summed E-state index contributed by atoms with van der Waals surface area (Å²) in [5.41, 5.74) is 0.822. The predicted octanol–water partition coefficient (Wildman–Crippen LogP) is 3.91. The molecule has 220 valence electrons. The molecule has 0 bridgehead atoms. The van der Waals surface area contributed by atoms with Gasteiger partial charge in [0.2, 0.25) is 0 Å². The number of nitrogens with zero attached hydrogens (tertiary/aromatic N) is 4. The van der Waals surface area contributed by atoms with Crippen molar-refractivity contribution in [2.45, 2.75) is 24.6 Å². The summed E-state index contributed by atoms with van der Waals surface area (Å²) in [5.74, 6) is -3.90. The van der Waals surface area contributed by atoms with Gasteiger partial charge in [0.05, 0.1) is 30.5 Å². The zero-order valence-electron chi connectivity index (χ0n) is 23.8. The first-order valence-electron chi connectivity index (χ1n) is 13.5. The highest BCUT2D eigenvalue weighted by Gasteiger charge is 2.42. The molecule has 1 aromatic heterocycles. The Labute approximate surface area is 250 Å². The molecule has 0 radical (unpaired) electrons. The van der Waals surface area contributed by atoms with Gasteiger partial charge in [-0.15, -0.1) is 0 Å². The standard InChI is InChI=1S/C31H29F2N5O4Si/c1-30(43)19-37-27(25(18-35-37)28(39)36-23-10-13-26(20(16-23)17-34)42-15-14-41-2)29(40)38(30)24-11-8-22(9-12-24)31(32,33)21-6-4-3-5-7-21/h3-13,16,18H,14-15,19H2,1-2,43H3,(H,36,39)/t30-/m0/s1. The Morgan fingerprint density at radius 1 is 1.12 bits per heavy atom. The minimum absolute atomic E-state index is 0.0540. The van der Waals surface area contributed by atoms with Crippen LogP contribution in [0, 0.1) is 11.3 Å². The fraction of sp³-hybridized carbons (Fsp3) is 0.226. The smallest absolute Gasteiger partial charge is 0.298 e. The number of alkyl halides is 2. The van der Waals surface area contributed by atoms with E-state index in [2.05, 4.69) is 10.4 Å². The zero-order chi connectivity index (χ0) is 30.8. The van der Waals surface area contributed by atoms with Crippen LogP contribution in [0.2, 0.25) is 0 Å². The fourth-order valence-electron chi connectivity index (χ4n) is 5.07. The average molecular weight is 602 g/mol. The summed E-state index contributed by atoms with van der Waals surface area (Å²) in [5, 5.41) is 15.9. The summed E-state index contributed by atoms with van der Waals surface area (Å²) in [7, 11) is 2.08. The molecule has 1 atom stereocenters. The van der Waals surface area contributed by atoms with E-state index in [1.54, 1.807) is 42.3 Å². The predicted molar refractivity (Wildman–Crippen MR) is 160 cm³/mol. The normalized spacial score (nSPS) is 16.4. The van der Waals surface area contributed by atoms with Crippen molar-refractivity contribution in [3.05, 3.63) is 107 Å². The number of carbonyl (C=O) groups excluding carboxylic acids is 2. The van der Waals surface area contributed by atoms with Crippen molar-refractivity contribution < 1.29 is 27.8 Å². The lowest BCUT2D eigenvalue weighted by molar-refractivity contribution is 0.0428. The quantitative estimate of drug-likeness (QED) is 0.230. The SMILES string of the molecule is COCCOc1ccc(NC(=O)c2cnn3c2C(=O)N(c2ccc(C(F)(F)c4ccccc4)cc2)[C@@](C)([SiH3])C3)cc1C#N. The number of rotatable bonds is 9. The third kappa shape index (κ3) is 5.77. The second-order valence-electron chi connectivity index (χ2n) is 10.6. The van der Waals surface area contributed by atoms with Gasteiger partial charge >= 0.3 is 0 Å². The highest BCUT2D eigenvalue weighted by molar-refractivity contribution is 6.25. The number of amides is 2. The highest BCUT2D eigenvalue weighted by Crippen LogP contribution is 2.38. The molecule has 0 unspecified atom stereocenters. The Kier molecular flexibility index (Phi) is 8.12. The summed E-state index contributed by atoms with van der Waals surface area (Å²) in [6.45, 7) is 2.83. The van der Waals surface area contributed by atoms with Crippen LogP contribution in [0.15, 0.2) is 79.0 Å². The van der Waals surface area contributed by atoms with Crippen LogP contribution in [0.5, 0.6) is 5.75 Å². The zero-order valence-corrected chi connectivity index (χ0v) is 25.8. The molecule has 0 aliphatic carbocycles. The van der Waals surface area contributed by atoms with E-state index in [9.17, 15) is 14.9 Å². The van der Waals surface area contributed by atoms with Gasteiger partial charge < -0.3 is 19.7 Å². The maximum atomic E-state index is 15.1. The van der Waals surface area contributed by atoms with Gasteiger partial charge in [0.15, 0.2) is 0 Å². The van der Waals surface area contributed by atoms with Crippen LogP contribution in [0.4, 0.5) is 20.2 Å². The first-order chi connectivity index (χ1) is 20.6. The van der Waals surface area contributed by atoms with Crippen molar-refractivity contribution in [1.29, 1.82) is 5.26 Å². The molecule has 3 aromatic carbocycles. The van der Waals surface area contributed by atoms with Crippen LogP contribution in [-0.4, -0.2) is 57.3 Å². The molecule has 2 heterocycles. The average Bonchev–Trinajstić information content (AvgIpc) is 3.42. The molecule has 1 aliphatic rings. The second-order valence-corrected chi connectivity index (χ2v) is 12.8. The monoisotopic (exact) mass is 601 g/mol. The Morgan fingerprint density at radius 2 is 1.81 bits per heavy atom. The highest BCUT2D eigenvalue weighted by atomic mass is 28.1. The summed E-state index contributed by atoms with van der Waals surface area (Å²) >= 11 is 0. The third-order valence-corrected chi connectivity index (χ3v) is 7.92. The first kappa shape index (κ1) is 29.6. The lowest BCUT2D eigenvalue weighted by Gasteiger charge is -2.42. The van der Waals surface area contributed by atoms with E-state index >= 15 is 8.78 Å². The largest absolute Gasteiger partial charge is 0.490 e. The first-order valence-corrected chi connectivity index (χ1v) is 14.5. The topological polar surface area (TPSA) is 109 Å². The number of methoxy groups -OCH3 is 1. The Hall–Kier alpha value is -4.86. The molecule has 4 aromatic rings. The van der Waals surface area contributed by atoms with Gasteiger partial charge in [-0.3, -0.25) is 14.3 Å². The molecule has 0 spiro atoms. The van der Waals surface area contributed by atoms with Gasteiger partial charge in [0, 0.05) is 45.0 Å². The lowest BCUT2D eigenvalue weighted by Crippen LogP contribution is -2.58. The molecule has 0 saturated heterocycles. The van der Waals surface area contributed by atoms with Gasteiger partial charge in [-0.2, -0.15) is 19.1 Å². The Balaban J connectivity index is 1.40. The molecule has 12 heteroatoms. The van der Waals surface area contributed by atoms with E-state index in [0.717, 1.165) is 0 Å². The summed E-state index contributed by atoms with van der Waals surface area (Å²) < 4.78 is 42.3. The fourth-order valence-corrected chi connectivity index (χ4v) is 5.83. The van der Waals surface area contributed by atoms with Crippen molar-refractivity contribution in [3.8, 4) is 11.8 Å². The number of hydrogen-bond donors (Lipinski definition) is 1. The minimum Gasteiger partial charge on any atom is -0.490 e. The second kappa shape index (κ2) is 11.8. The van der Waals surface area contributed by atoms with Crippen molar-refractivity contribution in [2.24, 2.45) is 0 Å². The van der Waals surface area contributed by atoms with Gasteiger partial charge in [-0.05, 0) is 37.3 Å². The van der Waals surface area contributed by atoms with E-state index in [1.165, 1.54) is 53.3 Å². The lowest BCUT2D eigenvalue weighted by atomic mass is 9.99. The van der Waals surface area contributed by atoms with Crippen LogP contribution in [0.3, 0.4) is 0 Å². The number of hydrogen-bond acceptors (Lipinski definition) is 6. The molecule has 0 fully saturated rings. The van der Waals surface area contributed by atoms with E-state index < -0.39 is 22.9 Å². The van der Waals surface area contributed by atoms with Gasteiger partial charge in [-0.1, -0.05) is 42.5 Å². The molecule has 43 heavy (non-hydrogen) atoms. The van der Waals surface area contributed by atoms with Gasteiger partial charge in [-0.25, -0.2) is 0 Å². The van der Waals surface area contributed by atoms with Crippen molar-refractivity contribution in [2.75, 3.05) is 30.5 Å². The number of ether oxygens (including phenoxy) is 2. The molecular formula is C31H29F2N5O4Si. The van der Waals surface area contributed by atoms with E-state index in [1.807, 2.05) is 13.0 Å². The summed E-state index contributed by atoms with van der Waals surface area (Å²) in [4.78, 5) is 28.8. The van der Waals surface area contributed by atoms with E-state index in [-0.39, 0.29) is 34.6 Å².